The first-order chi connectivity index (χ1) is 10.0. The van der Waals surface area contributed by atoms with E-state index in [1.165, 1.54) is 0 Å². The molecule has 0 aromatic carbocycles. The van der Waals surface area contributed by atoms with E-state index in [-0.39, 0.29) is 0 Å². The van der Waals surface area contributed by atoms with E-state index in [2.05, 4.69) is 56.2 Å². The van der Waals surface area contributed by atoms with Gasteiger partial charge in [-0.25, -0.2) is 9.97 Å². The fraction of sp³-hybridized carbons (Fsp3) is 0.750. The summed E-state index contributed by atoms with van der Waals surface area (Å²) in [4.78, 5) is 11.7. The van der Waals surface area contributed by atoms with Crippen molar-refractivity contribution in [1.29, 1.82) is 0 Å². The molecular weight excluding hydrogens is 280 g/mol. The van der Waals surface area contributed by atoms with Gasteiger partial charge in [-0.2, -0.15) is 11.8 Å². The number of nitrogens with one attached hydrogen (secondary N) is 1. The molecule has 0 radical (unpaired) electrons. The summed E-state index contributed by atoms with van der Waals surface area (Å²) in [5.41, 5.74) is 2.26. The Morgan fingerprint density at radius 1 is 1.33 bits per heavy atom. The van der Waals surface area contributed by atoms with E-state index in [1.54, 1.807) is 0 Å². The second-order valence-electron chi connectivity index (χ2n) is 5.62. The Morgan fingerprint density at radius 2 is 2.05 bits per heavy atom. The van der Waals surface area contributed by atoms with Crippen molar-refractivity contribution in [3.05, 3.63) is 17.7 Å². The third kappa shape index (κ3) is 5.15. The van der Waals surface area contributed by atoms with E-state index < -0.39 is 0 Å². The topological polar surface area (TPSA) is 41.1 Å². The predicted molar refractivity (Wildman–Crippen MR) is 94.4 cm³/mol. The van der Waals surface area contributed by atoms with Gasteiger partial charge in [0.15, 0.2) is 0 Å². The molecule has 21 heavy (non-hydrogen) atoms. The molecule has 1 N–H and O–H groups in total. The van der Waals surface area contributed by atoms with Crippen molar-refractivity contribution >= 4 is 17.4 Å². The van der Waals surface area contributed by atoms with Gasteiger partial charge >= 0.3 is 0 Å². The minimum absolute atomic E-state index is 0.359. The lowest BCUT2D eigenvalue weighted by atomic mass is 10.1. The minimum atomic E-state index is 0.359. The van der Waals surface area contributed by atoms with E-state index in [0.29, 0.717) is 12.0 Å². The summed E-state index contributed by atoms with van der Waals surface area (Å²) in [7, 11) is 2.16. The molecule has 0 fully saturated rings. The number of aromatic nitrogens is 2. The molecule has 0 aliphatic rings. The van der Waals surface area contributed by atoms with Crippen LogP contribution >= 0.6 is 11.8 Å². The molecule has 0 saturated heterocycles. The van der Waals surface area contributed by atoms with Crippen molar-refractivity contribution in [2.24, 2.45) is 0 Å². The highest BCUT2D eigenvalue weighted by Gasteiger charge is 2.18. The van der Waals surface area contributed by atoms with Gasteiger partial charge < -0.3 is 10.2 Å². The van der Waals surface area contributed by atoms with Crippen LogP contribution in [0.25, 0.3) is 0 Å². The maximum atomic E-state index is 4.79. The molecule has 4 nitrogen and oxygen atoms in total. The van der Waals surface area contributed by atoms with Gasteiger partial charge in [0.05, 0.1) is 17.6 Å². The first-order valence-electron chi connectivity index (χ1n) is 7.83. The number of anilines is 1. The first-order valence-corrected chi connectivity index (χ1v) is 9.22. The van der Waals surface area contributed by atoms with Crippen LogP contribution in [0.3, 0.4) is 0 Å². The van der Waals surface area contributed by atoms with Crippen LogP contribution < -0.4 is 10.2 Å². The minimum Gasteiger partial charge on any atom is -0.368 e. The van der Waals surface area contributed by atoms with Crippen LogP contribution in [0.2, 0.25) is 0 Å². The zero-order valence-corrected chi connectivity index (χ0v) is 15.1. The zero-order chi connectivity index (χ0) is 15.8. The molecule has 0 bridgehead atoms. The van der Waals surface area contributed by atoms with Crippen LogP contribution in [0.15, 0.2) is 6.20 Å². The number of thioether (sulfide) groups is 1. The standard InChI is InChI=1S/C16H30N4S/c1-7-13(11-21-6)20(5)15-10-18-16(12(3)4)19-14(15)9-17-8-2/h10,12-13,17H,7-9,11H2,1-6H3. The molecule has 0 saturated carbocycles. The maximum absolute atomic E-state index is 4.79. The lowest BCUT2D eigenvalue weighted by Gasteiger charge is -2.30. The van der Waals surface area contributed by atoms with Gasteiger partial charge in [0, 0.05) is 31.3 Å². The lowest BCUT2D eigenvalue weighted by molar-refractivity contribution is 0.646. The third-order valence-electron chi connectivity index (χ3n) is 3.68. The van der Waals surface area contributed by atoms with Gasteiger partial charge in [0.2, 0.25) is 0 Å². The molecule has 1 atom stereocenters. The molecule has 5 heteroatoms. The van der Waals surface area contributed by atoms with Crippen molar-refractivity contribution in [1.82, 2.24) is 15.3 Å². The molecule has 1 aromatic heterocycles. The van der Waals surface area contributed by atoms with E-state index >= 15 is 0 Å². The fourth-order valence-electron chi connectivity index (χ4n) is 2.27. The molecule has 1 unspecified atom stereocenters. The molecule has 1 rings (SSSR count). The van der Waals surface area contributed by atoms with Crippen LogP contribution in [-0.2, 0) is 6.54 Å². The molecule has 120 valence electrons. The van der Waals surface area contributed by atoms with E-state index in [9.17, 15) is 0 Å². The highest BCUT2D eigenvalue weighted by atomic mass is 32.2. The summed E-state index contributed by atoms with van der Waals surface area (Å²) in [6.07, 6.45) is 5.29. The summed E-state index contributed by atoms with van der Waals surface area (Å²) in [5, 5.41) is 3.39. The highest BCUT2D eigenvalue weighted by Crippen LogP contribution is 2.23. The molecule has 1 aromatic rings. The van der Waals surface area contributed by atoms with Gasteiger partial charge in [0.1, 0.15) is 5.82 Å². The Balaban J connectivity index is 3.07. The summed E-state index contributed by atoms with van der Waals surface area (Å²) in [5.74, 6) is 2.41. The second kappa shape index (κ2) is 9.26. The molecule has 0 aliphatic heterocycles. The molecule has 0 amide bonds. The number of hydrogen-bond acceptors (Lipinski definition) is 5. The quantitative estimate of drug-likeness (QED) is 0.758. The van der Waals surface area contributed by atoms with Crippen LogP contribution in [-0.4, -0.2) is 41.6 Å². The average molecular weight is 311 g/mol. The Labute approximate surface area is 134 Å². The Kier molecular flexibility index (Phi) is 8.04. The molecule has 0 aliphatic carbocycles. The molecule has 1 heterocycles. The van der Waals surface area contributed by atoms with Gasteiger partial charge in [0.25, 0.3) is 0 Å². The van der Waals surface area contributed by atoms with Crippen molar-refractivity contribution < 1.29 is 0 Å². The van der Waals surface area contributed by atoms with Crippen LogP contribution in [0.1, 0.15) is 51.6 Å². The van der Waals surface area contributed by atoms with Crippen LogP contribution in [0.4, 0.5) is 5.69 Å². The Hall–Kier alpha value is -0.810. The average Bonchev–Trinajstić information content (AvgIpc) is 2.49. The number of nitrogens with zero attached hydrogens (tertiary/aromatic N) is 3. The van der Waals surface area contributed by atoms with Gasteiger partial charge in [-0.15, -0.1) is 0 Å². The number of rotatable bonds is 9. The zero-order valence-electron chi connectivity index (χ0n) is 14.3. The van der Waals surface area contributed by atoms with Crippen LogP contribution in [0, 0.1) is 0 Å². The van der Waals surface area contributed by atoms with E-state index in [0.717, 1.165) is 42.5 Å². The van der Waals surface area contributed by atoms with E-state index in [4.69, 9.17) is 4.98 Å². The van der Waals surface area contributed by atoms with Crippen molar-refractivity contribution in [2.45, 2.75) is 52.6 Å². The second-order valence-corrected chi connectivity index (χ2v) is 6.53. The van der Waals surface area contributed by atoms with Gasteiger partial charge in [-0.1, -0.05) is 27.7 Å². The number of hydrogen-bond donors (Lipinski definition) is 1. The van der Waals surface area contributed by atoms with E-state index in [1.807, 2.05) is 18.0 Å². The molecule has 0 spiro atoms. The molecular formula is C16H30N4S. The van der Waals surface area contributed by atoms with Gasteiger partial charge in [-0.05, 0) is 19.2 Å². The summed E-state index contributed by atoms with van der Waals surface area (Å²) in [6, 6.07) is 0.522. The summed E-state index contributed by atoms with van der Waals surface area (Å²) >= 11 is 1.89. The monoisotopic (exact) mass is 310 g/mol. The normalized spacial score (nSPS) is 12.7. The smallest absolute Gasteiger partial charge is 0.131 e. The Bertz CT molecular complexity index is 423. The SMILES string of the molecule is CCNCc1nc(C(C)C)ncc1N(C)C(CC)CSC. The maximum Gasteiger partial charge on any atom is 0.131 e. The summed E-state index contributed by atoms with van der Waals surface area (Å²) < 4.78 is 0. The van der Waals surface area contributed by atoms with Crippen molar-refractivity contribution in [3.63, 3.8) is 0 Å². The van der Waals surface area contributed by atoms with Crippen molar-refractivity contribution in [2.75, 3.05) is 30.5 Å². The predicted octanol–water partition coefficient (Wildman–Crippen LogP) is 3.29. The Morgan fingerprint density at radius 3 is 2.57 bits per heavy atom. The fourth-order valence-corrected chi connectivity index (χ4v) is 3.11. The van der Waals surface area contributed by atoms with Crippen molar-refractivity contribution in [3.8, 4) is 0 Å². The highest BCUT2D eigenvalue weighted by molar-refractivity contribution is 7.98. The third-order valence-corrected chi connectivity index (χ3v) is 4.40. The van der Waals surface area contributed by atoms with Gasteiger partial charge in [-0.3, -0.25) is 0 Å². The summed E-state index contributed by atoms with van der Waals surface area (Å²) in [6.45, 7) is 10.4. The first kappa shape index (κ1) is 18.2. The lowest BCUT2D eigenvalue weighted by Crippen LogP contribution is -2.34. The largest absolute Gasteiger partial charge is 0.368 e. The van der Waals surface area contributed by atoms with Crippen LogP contribution in [0.5, 0.6) is 0 Å².